The number of aromatic nitrogens is 1. The normalized spacial score (nSPS) is 17.7. The molecule has 0 aliphatic carbocycles. The summed E-state index contributed by atoms with van der Waals surface area (Å²) in [4.78, 5) is 17.3. The van der Waals surface area contributed by atoms with E-state index >= 15 is 0 Å². The topological polar surface area (TPSA) is 79.4 Å². The molecule has 1 unspecified atom stereocenters. The lowest BCUT2D eigenvalue weighted by Gasteiger charge is -2.23. The van der Waals surface area contributed by atoms with Gasteiger partial charge in [0.1, 0.15) is 11.9 Å². The van der Waals surface area contributed by atoms with Crippen molar-refractivity contribution < 1.29 is 17.6 Å². The molecule has 1 amide bonds. The van der Waals surface area contributed by atoms with Gasteiger partial charge in [0.05, 0.1) is 15.1 Å². The Kier molecular flexibility index (Phi) is 5.37. The standard InChI is InChI=1S/C20H20FN3O3S2/c1-2-13-5-10-16-18(12-13)28-20(22-16)23-19(25)17-4-3-11-24(17)29(26,27)15-8-6-14(21)7-9-15/h5-10,12,17H,2-4,11H2,1H3,(H,22,23,25). The smallest absolute Gasteiger partial charge is 0.244 e. The van der Waals surface area contributed by atoms with Gasteiger partial charge in [-0.3, -0.25) is 4.79 Å². The summed E-state index contributed by atoms with van der Waals surface area (Å²) in [6, 6.07) is 9.79. The maximum atomic E-state index is 13.2. The fraction of sp³-hybridized carbons (Fsp3) is 0.300. The van der Waals surface area contributed by atoms with E-state index in [1.807, 2.05) is 18.2 Å². The molecule has 1 aliphatic rings. The van der Waals surface area contributed by atoms with Crippen molar-refractivity contribution in [2.75, 3.05) is 11.9 Å². The van der Waals surface area contributed by atoms with Crippen molar-refractivity contribution in [2.24, 2.45) is 0 Å². The Hall–Kier alpha value is -2.36. The molecule has 152 valence electrons. The highest BCUT2D eigenvalue weighted by molar-refractivity contribution is 7.89. The highest BCUT2D eigenvalue weighted by Gasteiger charge is 2.39. The number of aryl methyl sites for hydroxylation is 1. The number of sulfonamides is 1. The van der Waals surface area contributed by atoms with E-state index < -0.39 is 27.8 Å². The minimum absolute atomic E-state index is 0.0225. The van der Waals surface area contributed by atoms with E-state index in [0.29, 0.717) is 18.0 Å². The quantitative estimate of drug-likeness (QED) is 0.664. The second kappa shape index (κ2) is 7.81. The van der Waals surface area contributed by atoms with Crippen molar-refractivity contribution in [2.45, 2.75) is 37.1 Å². The van der Waals surface area contributed by atoms with Crippen molar-refractivity contribution in [3.63, 3.8) is 0 Å². The van der Waals surface area contributed by atoms with Gasteiger partial charge in [-0.25, -0.2) is 17.8 Å². The van der Waals surface area contributed by atoms with E-state index in [9.17, 15) is 17.6 Å². The van der Waals surface area contributed by atoms with Gasteiger partial charge in [0.15, 0.2) is 5.13 Å². The predicted octanol–water partition coefficient (Wildman–Crippen LogP) is 3.79. The molecule has 1 fully saturated rings. The van der Waals surface area contributed by atoms with E-state index in [-0.39, 0.29) is 11.4 Å². The molecule has 6 nitrogen and oxygen atoms in total. The maximum Gasteiger partial charge on any atom is 0.244 e. The molecule has 2 heterocycles. The summed E-state index contributed by atoms with van der Waals surface area (Å²) in [7, 11) is -3.89. The molecule has 0 radical (unpaired) electrons. The van der Waals surface area contributed by atoms with E-state index in [2.05, 4.69) is 17.2 Å². The van der Waals surface area contributed by atoms with Gasteiger partial charge < -0.3 is 5.32 Å². The zero-order valence-electron chi connectivity index (χ0n) is 15.8. The summed E-state index contributed by atoms with van der Waals surface area (Å²) in [5.74, 6) is -0.912. The Balaban J connectivity index is 1.55. The van der Waals surface area contributed by atoms with Crippen LogP contribution in [0.2, 0.25) is 0 Å². The van der Waals surface area contributed by atoms with Crippen LogP contribution in [0.15, 0.2) is 47.4 Å². The van der Waals surface area contributed by atoms with Crippen molar-refractivity contribution in [3.8, 4) is 0 Å². The first-order chi connectivity index (χ1) is 13.9. The molecule has 0 spiro atoms. The van der Waals surface area contributed by atoms with Gasteiger partial charge >= 0.3 is 0 Å². The predicted molar refractivity (Wildman–Crippen MR) is 111 cm³/mol. The van der Waals surface area contributed by atoms with Gasteiger partial charge in [0.2, 0.25) is 15.9 Å². The molecule has 2 aromatic carbocycles. The van der Waals surface area contributed by atoms with Crippen molar-refractivity contribution >= 4 is 42.6 Å². The minimum Gasteiger partial charge on any atom is -0.301 e. The number of benzene rings is 2. The average Bonchev–Trinajstić information content (AvgIpc) is 3.34. The number of amides is 1. The van der Waals surface area contributed by atoms with Gasteiger partial charge in [-0.05, 0) is 61.2 Å². The fourth-order valence-electron chi connectivity index (χ4n) is 3.46. The van der Waals surface area contributed by atoms with E-state index in [0.717, 1.165) is 28.8 Å². The van der Waals surface area contributed by atoms with Gasteiger partial charge in [0, 0.05) is 6.54 Å². The van der Waals surface area contributed by atoms with Crippen molar-refractivity contribution in [3.05, 3.63) is 53.8 Å². The fourth-order valence-corrected chi connectivity index (χ4v) is 6.05. The Morgan fingerprint density at radius 1 is 1.28 bits per heavy atom. The molecule has 4 rings (SSSR count). The van der Waals surface area contributed by atoms with Gasteiger partial charge in [-0.1, -0.05) is 24.3 Å². The van der Waals surface area contributed by atoms with Crippen LogP contribution in [0.25, 0.3) is 10.2 Å². The number of hydrogen-bond acceptors (Lipinski definition) is 5. The zero-order chi connectivity index (χ0) is 20.6. The van der Waals surface area contributed by atoms with Gasteiger partial charge in [0.25, 0.3) is 0 Å². The Labute approximate surface area is 172 Å². The molecule has 1 aliphatic heterocycles. The summed E-state index contributed by atoms with van der Waals surface area (Å²) in [5.41, 5.74) is 1.98. The molecule has 9 heteroatoms. The lowest BCUT2D eigenvalue weighted by molar-refractivity contribution is -0.119. The number of halogens is 1. The largest absolute Gasteiger partial charge is 0.301 e. The Morgan fingerprint density at radius 3 is 2.76 bits per heavy atom. The van der Waals surface area contributed by atoms with Crippen LogP contribution >= 0.6 is 11.3 Å². The summed E-state index contributed by atoms with van der Waals surface area (Å²) < 4.78 is 41.2. The number of thiazole rings is 1. The first-order valence-electron chi connectivity index (χ1n) is 9.36. The van der Waals surface area contributed by atoms with Crippen LogP contribution in [0.1, 0.15) is 25.3 Å². The van der Waals surface area contributed by atoms with Gasteiger partial charge in [-0.2, -0.15) is 4.31 Å². The summed E-state index contributed by atoms with van der Waals surface area (Å²) >= 11 is 1.37. The highest BCUT2D eigenvalue weighted by Crippen LogP contribution is 2.30. The van der Waals surface area contributed by atoms with Crippen molar-refractivity contribution in [1.29, 1.82) is 0 Å². The van der Waals surface area contributed by atoms with E-state index in [4.69, 9.17) is 0 Å². The average molecular weight is 434 g/mol. The third kappa shape index (κ3) is 3.90. The third-order valence-corrected chi connectivity index (χ3v) is 7.87. The minimum atomic E-state index is -3.89. The number of carbonyl (C=O) groups excluding carboxylic acids is 1. The molecule has 1 atom stereocenters. The Bertz CT molecular complexity index is 1160. The van der Waals surface area contributed by atoms with Crippen LogP contribution in [0.3, 0.4) is 0 Å². The molecule has 0 bridgehead atoms. The number of carbonyl (C=O) groups is 1. The van der Waals surface area contributed by atoms with Crippen LogP contribution in [0.5, 0.6) is 0 Å². The molecule has 1 saturated heterocycles. The number of anilines is 1. The first kappa shape index (κ1) is 19.9. The molecular formula is C20H20FN3O3S2. The molecule has 3 aromatic rings. The van der Waals surface area contributed by atoms with Crippen LogP contribution < -0.4 is 5.32 Å². The number of nitrogens with one attached hydrogen (secondary N) is 1. The summed E-state index contributed by atoms with van der Waals surface area (Å²) in [5, 5.41) is 3.22. The lowest BCUT2D eigenvalue weighted by atomic mass is 10.2. The van der Waals surface area contributed by atoms with Crippen LogP contribution in [0, 0.1) is 5.82 Å². The second-order valence-electron chi connectivity index (χ2n) is 6.89. The van der Waals surface area contributed by atoms with Crippen molar-refractivity contribution in [1.82, 2.24) is 9.29 Å². The molecular weight excluding hydrogens is 413 g/mol. The molecule has 1 aromatic heterocycles. The summed E-state index contributed by atoms with van der Waals surface area (Å²) in [6.45, 7) is 2.32. The lowest BCUT2D eigenvalue weighted by Crippen LogP contribution is -2.43. The van der Waals surface area contributed by atoms with Crippen LogP contribution in [0.4, 0.5) is 9.52 Å². The number of fused-ring (bicyclic) bond motifs is 1. The number of nitrogens with zero attached hydrogens (tertiary/aromatic N) is 2. The first-order valence-corrected chi connectivity index (χ1v) is 11.6. The van der Waals surface area contributed by atoms with Crippen LogP contribution in [-0.4, -0.2) is 36.2 Å². The van der Waals surface area contributed by atoms with E-state index in [1.165, 1.54) is 33.3 Å². The maximum absolute atomic E-state index is 13.2. The second-order valence-corrected chi connectivity index (χ2v) is 9.81. The SMILES string of the molecule is CCc1ccc2nc(NC(=O)C3CCCN3S(=O)(=O)c3ccc(F)cc3)sc2c1. The zero-order valence-corrected chi connectivity index (χ0v) is 17.4. The summed E-state index contributed by atoms with van der Waals surface area (Å²) in [6.07, 6.45) is 1.92. The highest BCUT2D eigenvalue weighted by atomic mass is 32.2. The van der Waals surface area contributed by atoms with E-state index in [1.54, 1.807) is 0 Å². The van der Waals surface area contributed by atoms with Gasteiger partial charge in [-0.15, -0.1) is 0 Å². The molecule has 29 heavy (non-hydrogen) atoms. The molecule has 1 N–H and O–H groups in total. The van der Waals surface area contributed by atoms with Crippen LogP contribution in [-0.2, 0) is 21.2 Å². The number of rotatable bonds is 5. The number of hydrogen-bond donors (Lipinski definition) is 1. The Morgan fingerprint density at radius 2 is 2.03 bits per heavy atom. The monoisotopic (exact) mass is 433 g/mol. The third-order valence-electron chi connectivity index (χ3n) is 5.02. The molecule has 0 saturated carbocycles.